The number of nitrogens with one attached hydrogen (secondary N) is 1. The first kappa shape index (κ1) is 14.6. The standard InChI is InChI=1S/C13H12FN3O4/c1-3-21-13(19)11-10(15-17-16-11)9-7(12(18)20-2)5-4-6-8(9)14/h4-6H,3H2,1-2H3,(H,15,16,17). The average molecular weight is 293 g/mol. The number of hydrogen-bond donors (Lipinski definition) is 1. The molecule has 0 spiro atoms. The highest BCUT2D eigenvalue weighted by molar-refractivity contribution is 6.01. The molecule has 0 atom stereocenters. The summed E-state index contributed by atoms with van der Waals surface area (Å²) in [6.45, 7) is 1.76. The topological polar surface area (TPSA) is 94.2 Å². The number of rotatable bonds is 4. The molecule has 0 radical (unpaired) electrons. The van der Waals surface area contributed by atoms with Gasteiger partial charge in [0.25, 0.3) is 0 Å². The number of aromatic amines is 1. The highest BCUT2D eigenvalue weighted by atomic mass is 19.1. The molecule has 1 heterocycles. The van der Waals surface area contributed by atoms with Crippen molar-refractivity contribution in [3.63, 3.8) is 0 Å². The molecule has 0 saturated carbocycles. The predicted octanol–water partition coefficient (Wildman–Crippen LogP) is 1.57. The van der Waals surface area contributed by atoms with Crippen LogP contribution in [0.4, 0.5) is 4.39 Å². The van der Waals surface area contributed by atoms with Gasteiger partial charge in [-0.25, -0.2) is 14.0 Å². The number of benzene rings is 1. The molecule has 0 saturated heterocycles. The van der Waals surface area contributed by atoms with Gasteiger partial charge in [-0.3, -0.25) is 0 Å². The van der Waals surface area contributed by atoms with Crippen molar-refractivity contribution in [1.82, 2.24) is 15.4 Å². The van der Waals surface area contributed by atoms with Crippen molar-refractivity contribution in [2.45, 2.75) is 6.92 Å². The molecule has 7 nitrogen and oxygen atoms in total. The zero-order valence-corrected chi connectivity index (χ0v) is 11.3. The minimum atomic E-state index is -0.764. The van der Waals surface area contributed by atoms with E-state index in [1.54, 1.807) is 6.92 Å². The Labute approximate surface area is 119 Å². The predicted molar refractivity (Wildman–Crippen MR) is 69.1 cm³/mol. The van der Waals surface area contributed by atoms with Gasteiger partial charge in [0.1, 0.15) is 11.5 Å². The van der Waals surface area contributed by atoms with E-state index in [1.165, 1.54) is 19.2 Å². The van der Waals surface area contributed by atoms with E-state index >= 15 is 0 Å². The monoisotopic (exact) mass is 293 g/mol. The summed E-state index contributed by atoms with van der Waals surface area (Å²) in [6.07, 6.45) is 0. The van der Waals surface area contributed by atoms with Gasteiger partial charge in [0.2, 0.25) is 0 Å². The highest BCUT2D eigenvalue weighted by Gasteiger charge is 2.26. The fourth-order valence-electron chi connectivity index (χ4n) is 1.79. The lowest BCUT2D eigenvalue weighted by Gasteiger charge is -2.07. The van der Waals surface area contributed by atoms with E-state index < -0.39 is 17.8 Å². The van der Waals surface area contributed by atoms with Gasteiger partial charge in [-0.05, 0) is 19.1 Å². The van der Waals surface area contributed by atoms with Crippen LogP contribution in [0.15, 0.2) is 18.2 Å². The molecular weight excluding hydrogens is 281 g/mol. The number of methoxy groups -OCH3 is 1. The van der Waals surface area contributed by atoms with E-state index in [0.717, 1.165) is 6.07 Å². The molecule has 8 heteroatoms. The molecule has 1 aromatic heterocycles. The van der Waals surface area contributed by atoms with Crippen molar-refractivity contribution in [1.29, 1.82) is 0 Å². The average Bonchev–Trinajstić information content (AvgIpc) is 2.95. The highest BCUT2D eigenvalue weighted by Crippen LogP contribution is 2.28. The maximum Gasteiger partial charge on any atom is 0.361 e. The van der Waals surface area contributed by atoms with Crippen LogP contribution in [0.5, 0.6) is 0 Å². The van der Waals surface area contributed by atoms with E-state index in [-0.39, 0.29) is 29.1 Å². The first-order valence-corrected chi connectivity index (χ1v) is 6.05. The summed E-state index contributed by atoms with van der Waals surface area (Å²) < 4.78 is 23.5. The van der Waals surface area contributed by atoms with E-state index in [0.29, 0.717) is 0 Å². The Bertz CT molecular complexity index is 684. The van der Waals surface area contributed by atoms with Crippen LogP contribution in [0, 0.1) is 5.82 Å². The number of halogens is 1. The number of H-pyrrole nitrogens is 1. The Morgan fingerprint density at radius 3 is 2.71 bits per heavy atom. The van der Waals surface area contributed by atoms with Crippen LogP contribution in [-0.4, -0.2) is 41.1 Å². The third-order valence-electron chi connectivity index (χ3n) is 2.67. The van der Waals surface area contributed by atoms with Crippen LogP contribution >= 0.6 is 0 Å². The number of carbonyl (C=O) groups excluding carboxylic acids is 2. The maximum absolute atomic E-state index is 14.1. The van der Waals surface area contributed by atoms with Crippen LogP contribution in [0.1, 0.15) is 27.8 Å². The number of ether oxygens (including phenoxy) is 2. The van der Waals surface area contributed by atoms with Crippen LogP contribution in [-0.2, 0) is 9.47 Å². The van der Waals surface area contributed by atoms with E-state index in [2.05, 4.69) is 20.1 Å². The van der Waals surface area contributed by atoms with Crippen molar-refractivity contribution >= 4 is 11.9 Å². The normalized spacial score (nSPS) is 10.2. The molecule has 1 N–H and O–H groups in total. The third-order valence-corrected chi connectivity index (χ3v) is 2.67. The summed E-state index contributed by atoms with van der Waals surface area (Å²) in [7, 11) is 1.17. The molecule has 2 rings (SSSR count). The molecule has 2 aromatic rings. The van der Waals surface area contributed by atoms with Crippen LogP contribution in [0.2, 0.25) is 0 Å². The van der Waals surface area contributed by atoms with E-state index in [1.807, 2.05) is 0 Å². The molecule has 110 valence electrons. The molecule has 0 aliphatic carbocycles. The van der Waals surface area contributed by atoms with Crippen LogP contribution in [0.3, 0.4) is 0 Å². The third kappa shape index (κ3) is 2.73. The Hall–Kier alpha value is -2.77. The van der Waals surface area contributed by atoms with Gasteiger partial charge in [-0.15, -0.1) is 5.10 Å². The Kier molecular flexibility index (Phi) is 4.27. The molecule has 0 bridgehead atoms. The second kappa shape index (κ2) is 6.12. The SMILES string of the molecule is CCOC(=O)c1n[nH]nc1-c1c(F)cccc1C(=O)OC. The Morgan fingerprint density at radius 1 is 1.29 bits per heavy atom. The summed E-state index contributed by atoms with van der Waals surface area (Å²) in [5.74, 6) is -2.24. The Morgan fingerprint density at radius 2 is 2.05 bits per heavy atom. The lowest BCUT2D eigenvalue weighted by Crippen LogP contribution is -2.10. The largest absolute Gasteiger partial charge is 0.465 e. The van der Waals surface area contributed by atoms with Gasteiger partial charge >= 0.3 is 11.9 Å². The fourth-order valence-corrected chi connectivity index (χ4v) is 1.79. The van der Waals surface area contributed by atoms with Crippen molar-refractivity contribution < 1.29 is 23.5 Å². The molecule has 21 heavy (non-hydrogen) atoms. The molecule has 1 aromatic carbocycles. The van der Waals surface area contributed by atoms with Crippen molar-refractivity contribution in [2.75, 3.05) is 13.7 Å². The summed E-state index contributed by atoms with van der Waals surface area (Å²) in [5.41, 5.74) is -0.530. The second-order valence-electron chi connectivity index (χ2n) is 3.90. The van der Waals surface area contributed by atoms with E-state index in [4.69, 9.17) is 4.74 Å². The molecular formula is C13H12FN3O4. The first-order chi connectivity index (χ1) is 10.1. The molecule has 0 aliphatic rings. The van der Waals surface area contributed by atoms with Crippen molar-refractivity contribution in [3.05, 3.63) is 35.3 Å². The lowest BCUT2D eigenvalue weighted by atomic mass is 10.0. The number of hydrogen-bond acceptors (Lipinski definition) is 6. The molecule has 0 aliphatic heterocycles. The van der Waals surface area contributed by atoms with Gasteiger partial charge in [0.15, 0.2) is 5.69 Å². The maximum atomic E-state index is 14.1. The summed E-state index contributed by atoms with van der Waals surface area (Å²) in [5, 5.41) is 9.62. The van der Waals surface area contributed by atoms with Crippen LogP contribution < -0.4 is 0 Å². The number of esters is 2. The number of nitrogens with zero attached hydrogens (tertiary/aromatic N) is 2. The Balaban J connectivity index is 2.60. The fraction of sp³-hybridized carbons (Fsp3) is 0.231. The van der Waals surface area contributed by atoms with Gasteiger partial charge < -0.3 is 9.47 Å². The summed E-state index contributed by atoms with van der Waals surface area (Å²) in [6, 6.07) is 3.87. The number of carbonyl (C=O) groups is 2. The molecule has 0 fully saturated rings. The minimum Gasteiger partial charge on any atom is -0.465 e. The smallest absolute Gasteiger partial charge is 0.361 e. The van der Waals surface area contributed by atoms with Crippen LogP contribution in [0.25, 0.3) is 11.3 Å². The van der Waals surface area contributed by atoms with Gasteiger partial charge in [-0.1, -0.05) is 6.07 Å². The summed E-state index contributed by atoms with van der Waals surface area (Å²) in [4.78, 5) is 23.5. The van der Waals surface area contributed by atoms with Gasteiger partial charge in [0.05, 0.1) is 24.8 Å². The summed E-state index contributed by atoms with van der Waals surface area (Å²) >= 11 is 0. The van der Waals surface area contributed by atoms with Crippen molar-refractivity contribution in [3.8, 4) is 11.3 Å². The molecule has 0 unspecified atom stereocenters. The van der Waals surface area contributed by atoms with E-state index in [9.17, 15) is 14.0 Å². The van der Waals surface area contributed by atoms with Gasteiger partial charge in [-0.2, -0.15) is 10.3 Å². The quantitative estimate of drug-likeness (QED) is 0.860. The molecule has 0 amide bonds. The zero-order chi connectivity index (χ0) is 15.4. The number of aromatic nitrogens is 3. The minimum absolute atomic E-state index is 0.0584. The lowest BCUT2D eigenvalue weighted by molar-refractivity contribution is 0.0518. The second-order valence-corrected chi connectivity index (χ2v) is 3.90. The van der Waals surface area contributed by atoms with Crippen molar-refractivity contribution in [2.24, 2.45) is 0 Å². The first-order valence-electron chi connectivity index (χ1n) is 6.05. The van der Waals surface area contributed by atoms with Gasteiger partial charge in [0, 0.05) is 0 Å². The zero-order valence-electron chi connectivity index (χ0n) is 11.3.